The Morgan fingerprint density at radius 2 is 1.52 bits per heavy atom. The van der Waals surface area contributed by atoms with Crippen molar-refractivity contribution in [2.24, 2.45) is 0 Å². The van der Waals surface area contributed by atoms with Crippen LogP contribution in [0, 0.1) is 20.8 Å². The van der Waals surface area contributed by atoms with Crippen molar-refractivity contribution < 1.29 is 19.1 Å². The van der Waals surface area contributed by atoms with E-state index in [1.54, 1.807) is 45.3 Å². The number of hydrogen-bond acceptors (Lipinski definition) is 5. The fourth-order valence-corrected chi connectivity index (χ4v) is 4.68. The summed E-state index contributed by atoms with van der Waals surface area (Å²) in [5, 5.41) is 5.41. The minimum atomic E-state index is -0.654. The zero-order valence-electron chi connectivity index (χ0n) is 25.3. The SMILES string of the molecule is CNC(=O)c1cccc(NC(=O)c2nc(-c3cc(-c4c(C)cccc4C)cc(N(C)C(=O)OC(C)(C)C)c3)[nH]c2C)c1. The predicted octanol–water partition coefficient (Wildman–Crippen LogP) is 6.65. The van der Waals surface area contributed by atoms with Gasteiger partial charge in [-0.3, -0.25) is 14.5 Å². The van der Waals surface area contributed by atoms with Crippen molar-refractivity contribution >= 4 is 29.3 Å². The number of aryl methyl sites for hydroxylation is 3. The van der Waals surface area contributed by atoms with Gasteiger partial charge >= 0.3 is 6.09 Å². The number of ether oxygens (including phenoxy) is 1. The number of aromatic amines is 1. The average Bonchev–Trinajstić information content (AvgIpc) is 3.33. The first kappa shape index (κ1) is 30.0. The lowest BCUT2D eigenvalue weighted by atomic mass is 9.94. The number of nitrogens with one attached hydrogen (secondary N) is 3. The number of nitrogens with zero attached hydrogens (tertiary/aromatic N) is 2. The Balaban J connectivity index is 1.75. The Kier molecular flexibility index (Phi) is 8.51. The summed E-state index contributed by atoms with van der Waals surface area (Å²) < 4.78 is 5.62. The van der Waals surface area contributed by atoms with Crippen molar-refractivity contribution in [3.05, 3.63) is 88.7 Å². The molecule has 4 aromatic rings. The molecule has 1 heterocycles. The second-order valence-corrected chi connectivity index (χ2v) is 11.2. The second-order valence-electron chi connectivity index (χ2n) is 11.2. The fourth-order valence-electron chi connectivity index (χ4n) is 4.68. The molecule has 0 radical (unpaired) electrons. The van der Waals surface area contributed by atoms with Crippen LogP contribution < -0.4 is 15.5 Å². The van der Waals surface area contributed by atoms with E-state index in [9.17, 15) is 14.4 Å². The van der Waals surface area contributed by atoms with Crippen LogP contribution in [0.2, 0.25) is 0 Å². The number of benzene rings is 3. The quantitative estimate of drug-likeness (QED) is 0.241. The highest BCUT2D eigenvalue weighted by atomic mass is 16.6. The van der Waals surface area contributed by atoms with Gasteiger partial charge in [0, 0.05) is 42.3 Å². The van der Waals surface area contributed by atoms with Gasteiger partial charge in [-0.2, -0.15) is 0 Å². The third-order valence-electron chi connectivity index (χ3n) is 6.73. The summed E-state index contributed by atoms with van der Waals surface area (Å²) in [4.78, 5) is 47.6. The van der Waals surface area contributed by atoms with Crippen LogP contribution in [0.5, 0.6) is 0 Å². The molecule has 0 aliphatic heterocycles. The van der Waals surface area contributed by atoms with Crippen molar-refractivity contribution in [3.63, 3.8) is 0 Å². The molecule has 3 amide bonds. The fraction of sp³-hybridized carbons (Fsp3) is 0.273. The third-order valence-corrected chi connectivity index (χ3v) is 6.73. The van der Waals surface area contributed by atoms with E-state index in [1.165, 1.54) is 4.90 Å². The van der Waals surface area contributed by atoms with E-state index < -0.39 is 17.6 Å². The molecule has 3 N–H and O–H groups in total. The van der Waals surface area contributed by atoms with E-state index in [0.717, 1.165) is 22.3 Å². The minimum absolute atomic E-state index is 0.217. The predicted molar refractivity (Wildman–Crippen MR) is 166 cm³/mol. The molecular formula is C33H37N5O4. The standard InChI is InChI=1S/C33H37N5O4/c1-19-11-9-12-20(2)27(19)23-15-24(18-26(17-23)38(8)32(41)42-33(4,5)6)29-35-21(3)28(37-29)31(40)36-25-14-10-13-22(16-25)30(39)34-7/h9-18H,1-8H3,(H,34,39)(H,35,37)(H,36,40). The van der Waals surface area contributed by atoms with Crippen LogP contribution in [0.4, 0.5) is 16.2 Å². The number of amides is 3. The van der Waals surface area contributed by atoms with E-state index in [-0.39, 0.29) is 11.6 Å². The van der Waals surface area contributed by atoms with Crippen LogP contribution in [0.15, 0.2) is 60.7 Å². The summed E-state index contributed by atoms with van der Waals surface area (Å²) in [6, 6.07) is 18.6. The maximum Gasteiger partial charge on any atom is 0.414 e. The smallest absolute Gasteiger partial charge is 0.414 e. The van der Waals surface area contributed by atoms with Gasteiger partial charge in [0.1, 0.15) is 17.1 Å². The number of anilines is 2. The van der Waals surface area contributed by atoms with Crippen molar-refractivity contribution in [3.8, 4) is 22.5 Å². The molecular weight excluding hydrogens is 530 g/mol. The van der Waals surface area contributed by atoms with Gasteiger partial charge in [-0.1, -0.05) is 24.3 Å². The number of rotatable bonds is 6. The molecule has 9 nitrogen and oxygen atoms in total. The molecule has 0 spiro atoms. The number of hydrogen-bond donors (Lipinski definition) is 3. The van der Waals surface area contributed by atoms with Gasteiger partial charge in [0.15, 0.2) is 0 Å². The molecule has 0 atom stereocenters. The summed E-state index contributed by atoms with van der Waals surface area (Å²) >= 11 is 0. The van der Waals surface area contributed by atoms with Crippen LogP contribution in [0.3, 0.4) is 0 Å². The van der Waals surface area contributed by atoms with E-state index in [1.807, 2.05) is 71.0 Å². The number of H-pyrrole nitrogens is 1. The molecule has 0 aliphatic rings. The van der Waals surface area contributed by atoms with Gasteiger partial charge in [-0.15, -0.1) is 0 Å². The highest BCUT2D eigenvalue weighted by Crippen LogP contribution is 2.35. The van der Waals surface area contributed by atoms with Crippen LogP contribution >= 0.6 is 0 Å². The zero-order valence-corrected chi connectivity index (χ0v) is 25.3. The molecule has 0 saturated heterocycles. The van der Waals surface area contributed by atoms with E-state index in [4.69, 9.17) is 4.74 Å². The third kappa shape index (κ3) is 6.68. The van der Waals surface area contributed by atoms with Crippen molar-refractivity contribution in [1.82, 2.24) is 15.3 Å². The normalized spacial score (nSPS) is 11.1. The van der Waals surface area contributed by atoms with E-state index in [2.05, 4.69) is 20.6 Å². The van der Waals surface area contributed by atoms with Crippen molar-refractivity contribution in [2.75, 3.05) is 24.3 Å². The second kappa shape index (κ2) is 11.9. The molecule has 0 unspecified atom stereocenters. The van der Waals surface area contributed by atoms with Crippen LogP contribution in [-0.2, 0) is 4.74 Å². The van der Waals surface area contributed by atoms with Gasteiger partial charge in [0.05, 0.1) is 0 Å². The molecule has 4 rings (SSSR count). The highest BCUT2D eigenvalue weighted by Gasteiger charge is 2.23. The lowest BCUT2D eigenvalue weighted by Crippen LogP contribution is -2.34. The van der Waals surface area contributed by atoms with Crippen molar-refractivity contribution in [2.45, 2.75) is 47.1 Å². The maximum absolute atomic E-state index is 13.2. The molecule has 218 valence electrons. The maximum atomic E-state index is 13.2. The Bertz CT molecular complexity index is 1650. The Morgan fingerprint density at radius 3 is 2.17 bits per heavy atom. The number of aromatic nitrogens is 2. The van der Waals surface area contributed by atoms with Crippen LogP contribution in [-0.4, -0.2) is 47.6 Å². The first-order chi connectivity index (χ1) is 19.8. The molecule has 0 bridgehead atoms. The lowest BCUT2D eigenvalue weighted by molar-refractivity contribution is 0.0589. The largest absolute Gasteiger partial charge is 0.443 e. The zero-order chi connectivity index (χ0) is 30.8. The van der Waals surface area contributed by atoms with Gasteiger partial charge < -0.3 is 20.4 Å². The van der Waals surface area contributed by atoms with Crippen LogP contribution in [0.25, 0.3) is 22.5 Å². The summed E-state index contributed by atoms with van der Waals surface area (Å²) in [6.07, 6.45) is -0.484. The summed E-state index contributed by atoms with van der Waals surface area (Å²) in [5.41, 5.74) is 6.49. The van der Waals surface area contributed by atoms with Gasteiger partial charge in [0.25, 0.3) is 11.8 Å². The lowest BCUT2D eigenvalue weighted by Gasteiger charge is -2.25. The van der Waals surface area contributed by atoms with Crippen LogP contribution in [0.1, 0.15) is 58.4 Å². The monoisotopic (exact) mass is 567 g/mol. The minimum Gasteiger partial charge on any atom is -0.443 e. The number of imidazole rings is 1. The van der Waals surface area contributed by atoms with Gasteiger partial charge in [-0.25, -0.2) is 9.78 Å². The van der Waals surface area contributed by atoms with E-state index in [0.29, 0.717) is 34.0 Å². The Morgan fingerprint density at radius 1 is 0.881 bits per heavy atom. The molecule has 0 fully saturated rings. The number of carbonyl (C=O) groups excluding carboxylic acids is 3. The molecule has 42 heavy (non-hydrogen) atoms. The number of carbonyl (C=O) groups is 3. The Hall–Kier alpha value is -4.92. The summed E-state index contributed by atoms with van der Waals surface area (Å²) in [7, 11) is 3.22. The first-order valence-corrected chi connectivity index (χ1v) is 13.7. The molecule has 1 aromatic heterocycles. The van der Waals surface area contributed by atoms with Crippen molar-refractivity contribution in [1.29, 1.82) is 0 Å². The highest BCUT2D eigenvalue weighted by molar-refractivity contribution is 6.05. The summed E-state index contributed by atoms with van der Waals surface area (Å²) in [6.45, 7) is 11.3. The summed E-state index contributed by atoms with van der Waals surface area (Å²) in [5.74, 6) is -0.190. The molecule has 0 aliphatic carbocycles. The van der Waals surface area contributed by atoms with E-state index >= 15 is 0 Å². The average molecular weight is 568 g/mol. The van der Waals surface area contributed by atoms with Gasteiger partial charge in [0.2, 0.25) is 0 Å². The molecule has 0 saturated carbocycles. The molecule has 9 heteroatoms. The van der Waals surface area contributed by atoms with Gasteiger partial charge in [-0.05, 0) is 100 Å². The molecule has 3 aromatic carbocycles. The topological polar surface area (TPSA) is 116 Å². The Labute approximate surface area is 246 Å². The first-order valence-electron chi connectivity index (χ1n) is 13.7.